The second-order valence-electron chi connectivity index (χ2n) is 4.13. The summed E-state index contributed by atoms with van der Waals surface area (Å²) in [5.41, 5.74) is -0.379. The number of aliphatic hydroxyl groups is 1. The Balaban J connectivity index is 2.26. The van der Waals surface area contributed by atoms with Crippen molar-refractivity contribution < 1.29 is 5.11 Å². The van der Waals surface area contributed by atoms with Gasteiger partial charge in [-0.05, 0) is 38.0 Å². The molecule has 1 N–H and O–H groups in total. The maximum absolute atomic E-state index is 10.0. The third-order valence-corrected chi connectivity index (χ3v) is 2.79. The van der Waals surface area contributed by atoms with E-state index in [4.69, 9.17) is 6.42 Å². The van der Waals surface area contributed by atoms with Gasteiger partial charge in [-0.1, -0.05) is 6.92 Å². The molecule has 0 amide bonds. The zero-order valence-corrected chi connectivity index (χ0v) is 7.84. The molecule has 1 fully saturated rings. The minimum atomic E-state index is -0.379. The highest BCUT2D eigenvalue weighted by molar-refractivity contribution is 4.90. The minimum absolute atomic E-state index is 0.379. The van der Waals surface area contributed by atoms with Crippen LogP contribution in [0.2, 0.25) is 0 Å². The largest absolute Gasteiger partial charge is 0.390 e. The van der Waals surface area contributed by atoms with E-state index < -0.39 is 0 Å². The molecule has 2 atom stereocenters. The van der Waals surface area contributed by atoms with Crippen molar-refractivity contribution in [3.63, 3.8) is 0 Å². The summed E-state index contributed by atoms with van der Waals surface area (Å²) in [5.74, 6) is 3.30. The first-order chi connectivity index (χ1) is 5.66. The molecule has 0 saturated heterocycles. The Labute approximate surface area is 75.2 Å². The molecule has 0 aliphatic heterocycles. The SMILES string of the molecule is C#CCCCC1(O)CCC(C)C1. The number of hydrogen-bond acceptors (Lipinski definition) is 1. The van der Waals surface area contributed by atoms with Crippen LogP contribution in [0.3, 0.4) is 0 Å². The molecular formula is C11H18O. The van der Waals surface area contributed by atoms with Gasteiger partial charge < -0.3 is 5.11 Å². The Hall–Kier alpha value is -0.480. The molecule has 0 radical (unpaired) electrons. The van der Waals surface area contributed by atoms with Crippen LogP contribution in [-0.2, 0) is 0 Å². The van der Waals surface area contributed by atoms with E-state index in [2.05, 4.69) is 12.8 Å². The zero-order chi connectivity index (χ0) is 9.03. The minimum Gasteiger partial charge on any atom is -0.390 e. The van der Waals surface area contributed by atoms with Gasteiger partial charge in [0, 0.05) is 6.42 Å². The van der Waals surface area contributed by atoms with Crippen LogP contribution in [0.25, 0.3) is 0 Å². The molecular weight excluding hydrogens is 148 g/mol. The van der Waals surface area contributed by atoms with Crippen molar-refractivity contribution in [1.29, 1.82) is 0 Å². The van der Waals surface area contributed by atoms with Gasteiger partial charge in [-0.3, -0.25) is 0 Å². The van der Waals surface area contributed by atoms with Crippen molar-refractivity contribution in [2.75, 3.05) is 0 Å². The van der Waals surface area contributed by atoms with Gasteiger partial charge in [0.25, 0.3) is 0 Å². The summed E-state index contributed by atoms with van der Waals surface area (Å²) in [4.78, 5) is 0. The van der Waals surface area contributed by atoms with Crippen LogP contribution in [0, 0.1) is 18.3 Å². The van der Waals surface area contributed by atoms with Gasteiger partial charge in [0.2, 0.25) is 0 Å². The molecule has 1 saturated carbocycles. The fraction of sp³-hybridized carbons (Fsp3) is 0.818. The van der Waals surface area contributed by atoms with Gasteiger partial charge in [0.1, 0.15) is 0 Å². The quantitative estimate of drug-likeness (QED) is 0.504. The Morgan fingerprint density at radius 2 is 2.42 bits per heavy atom. The smallest absolute Gasteiger partial charge is 0.0650 e. The number of terminal acetylenes is 1. The highest BCUT2D eigenvalue weighted by Gasteiger charge is 2.34. The number of hydrogen-bond donors (Lipinski definition) is 1. The van der Waals surface area contributed by atoms with Crippen LogP contribution in [0.4, 0.5) is 0 Å². The van der Waals surface area contributed by atoms with Crippen molar-refractivity contribution in [2.45, 2.75) is 51.0 Å². The van der Waals surface area contributed by atoms with E-state index in [1.54, 1.807) is 0 Å². The predicted molar refractivity (Wildman–Crippen MR) is 50.6 cm³/mol. The van der Waals surface area contributed by atoms with E-state index in [1.165, 1.54) is 6.42 Å². The maximum atomic E-state index is 10.0. The topological polar surface area (TPSA) is 20.2 Å². The molecule has 0 aromatic carbocycles. The summed E-state index contributed by atoms with van der Waals surface area (Å²) in [5, 5.41) is 10.0. The molecule has 1 heteroatoms. The average Bonchev–Trinajstić information content (AvgIpc) is 2.32. The van der Waals surface area contributed by atoms with Crippen molar-refractivity contribution in [3.8, 4) is 12.3 Å². The van der Waals surface area contributed by atoms with Crippen LogP contribution in [0.15, 0.2) is 0 Å². The van der Waals surface area contributed by atoms with E-state index in [9.17, 15) is 5.11 Å². The average molecular weight is 166 g/mol. The monoisotopic (exact) mass is 166 g/mol. The van der Waals surface area contributed by atoms with Gasteiger partial charge in [0.15, 0.2) is 0 Å². The second-order valence-corrected chi connectivity index (χ2v) is 4.13. The van der Waals surface area contributed by atoms with Crippen molar-refractivity contribution >= 4 is 0 Å². The molecule has 1 aliphatic rings. The number of rotatable bonds is 3. The predicted octanol–water partition coefficient (Wildman–Crippen LogP) is 2.34. The van der Waals surface area contributed by atoms with Crippen LogP contribution >= 0.6 is 0 Å². The third kappa shape index (κ3) is 2.53. The molecule has 1 rings (SSSR count). The molecule has 12 heavy (non-hydrogen) atoms. The van der Waals surface area contributed by atoms with Gasteiger partial charge in [-0.25, -0.2) is 0 Å². The van der Waals surface area contributed by atoms with Crippen molar-refractivity contribution in [3.05, 3.63) is 0 Å². The molecule has 1 aliphatic carbocycles. The molecule has 0 spiro atoms. The van der Waals surface area contributed by atoms with E-state index >= 15 is 0 Å². The zero-order valence-electron chi connectivity index (χ0n) is 7.84. The Morgan fingerprint density at radius 1 is 1.67 bits per heavy atom. The van der Waals surface area contributed by atoms with Crippen LogP contribution in [0.1, 0.15) is 45.4 Å². The summed E-state index contributed by atoms with van der Waals surface area (Å²) in [6.45, 7) is 2.21. The van der Waals surface area contributed by atoms with Crippen LogP contribution < -0.4 is 0 Å². The van der Waals surface area contributed by atoms with E-state index in [-0.39, 0.29) is 5.60 Å². The summed E-state index contributed by atoms with van der Waals surface area (Å²) >= 11 is 0. The summed E-state index contributed by atoms with van der Waals surface area (Å²) in [6.07, 6.45) is 10.9. The van der Waals surface area contributed by atoms with Crippen molar-refractivity contribution in [1.82, 2.24) is 0 Å². The molecule has 0 heterocycles. The lowest BCUT2D eigenvalue weighted by atomic mass is 9.94. The Kier molecular flexibility index (Phi) is 3.17. The first kappa shape index (κ1) is 9.61. The second kappa shape index (κ2) is 3.96. The molecule has 0 aromatic heterocycles. The number of unbranched alkanes of at least 4 members (excludes halogenated alkanes) is 1. The lowest BCUT2D eigenvalue weighted by Gasteiger charge is -2.21. The third-order valence-electron chi connectivity index (χ3n) is 2.79. The van der Waals surface area contributed by atoms with Gasteiger partial charge in [0.05, 0.1) is 5.60 Å². The lowest BCUT2D eigenvalue weighted by Crippen LogP contribution is -2.24. The fourth-order valence-corrected chi connectivity index (χ4v) is 2.11. The molecule has 68 valence electrons. The van der Waals surface area contributed by atoms with E-state index in [0.29, 0.717) is 5.92 Å². The molecule has 0 bridgehead atoms. The standard InChI is InChI=1S/C11H18O/c1-3-4-5-7-11(12)8-6-10(2)9-11/h1,10,12H,4-9H2,2H3. The maximum Gasteiger partial charge on any atom is 0.0650 e. The van der Waals surface area contributed by atoms with Crippen LogP contribution in [-0.4, -0.2) is 10.7 Å². The highest BCUT2D eigenvalue weighted by Crippen LogP contribution is 2.37. The lowest BCUT2D eigenvalue weighted by molar-refractivity contribution is 0.0338. The first-order valence-corrected chi connectivity index (χ1v) is 4.82. The summed E-state index contributed by atoms with van der Waals surface area (Å²) in [7, 11) is 0. The summed E-state index contributed by atoms with van der Waals surface area (Å²) in [6, 6.07) is 0. The van der Waals surface area contributed by atoms with Gasteiger partial charge >= 0.3 is 0 Å². The molecule has 1 nitrogen and oxygen atoms in total. The Bertz CT molecular complexity index is 180. The van der Waals surface area contributed by atoms with E-state index in [0.717, 1.165) is 32.1 Å². The van der Waals surface area contributed by atoms with Crippen molar-refractivity contribution in [2.24, 2.45) is 5.92 Å². The Morgan fingerprint density at radius 3 is 2.92 bits per heavy atom. The highest BCUT2D eigenvalue weighted by atomic mass is 16.3. The molecule has 2 unspecified atom stereocenters. The summed E-state index contributed by atoms with van der Waals surface area (Å²) < 4.78 is 0. The first-order valence-electron chi connectivity index (χ1n) is 4.82. The van der Waals surface area contributed by atoms with Gasteiger partial charge in [-0.15, -0.1) is 12.3 Å². The molecule has 0 aromatic rings. The van der Waals surface area contributed by atoms with Gasteiger partial charge in [-0.2, -0.15) is 0 Å². The normalized spacial score (nSPS) is 34.9. The van der Waals surface area contributed by atoms with Crippen LogP contribution in [0.5, 0.6) is 0 Å². The van der Waals surface area contributed by atoms with E-state index in [1.807, 2.05) is 0 Å². The fourth-order valence-electron chi connectivity index (χ4n) is 2.11.